The van der Waals surface area contributed by atoms with Crippen molar-refractivity contribution in [1.29, 1.82) is 0 Å². The molecule has 1 heterocycles. The highest BCUT2D eigenvalue weighted by Crippen LogP contribution is 2.21. The molecule has 17 heavy (non-hydrogen) atoms. The fourth-order valence-electron chi connectivity index (χ4n) is 1.88. The van der Waals surface area contributed by atoms with Gasteiger partial charge in [-0.25, -0.2) is 0 Å². The van der Waals surface area contributed by atoms with Crippen LogP contribution < -0.4 is 10.6 Å². The molecular formula is C12H16BrN3O. The van der Waals surface area contributed by atoms with Crippen LogP contribution in [0.1, 0.15) is 0 Å². The van der Waals surface area contributed by atoms with Crippen LogP contribution in [0.15, 0.2) is 28.7 Å². The van der Waals surface area contributed by atoms with Crippen LogP contribution in [0.4, 0.5) is 5.69 Å². The Bertz CT molecular complexity index is 410. The zero-order valence-electron chi connectivity index (χ0n) is 9.74. The normalized spacial score (nSPS) is 21.2. The van der Waals surface area contributed by atoms with Gasteiger partial charge in [0.15, 0.2) is 0 Å². The summed E-state index contributed by atoms with van der Waals surface area (Å²) in [5, 5.41) is 6.18. The molecule has 2 rings (SSSR count). The number of carbonyl (C=O) groups is 1. The number of carbonyl (C=O) groups excluding carboxylic acids is 1. The van der Waals surface area contributed by atoms with Gasteiger partial charge in [0.25, 0.3) is 0 Å². The highest BCUT2D eigenvalue weighted by atomic mass is 79.9. The van der Waals surface area contributed by atoms with Gasteiger partial charge in [-0.15, -0.1) is 0 Å². The number of piperazine rings is 1. The third-order valence-corrected chi connectivity index (χ3v) is 3.64. The monoisotopic (exact) mass is 297 g/mol. The van der Waals surface area contributed by atoms with Crippen LogP contribution in [0.5, 0.6) is 0 Å². The van der Waals surface area contributed by atoms with Crippen molar-refractivity contribution in [2.45, 2.75) is 6.04 Å². The van der Waals surface area contributed by atoms with Gasteiger partial charge in [-0.05, 0) is 35.1 Å². The molecule has 1 aromatic carbocycles. The minimum atomic E-state index is -0.101. The quantitative estimate of drug-likeness (QED) is 0.865. The first-order chi connectivity index (χ1) is 8.18. The summed E-state index contributed by atoms with van der Waals surface area (Å²) in [6.07, 6.45) is 0. The molecule has 1 saturated heterocycles. The summed E-state index contributed by atoms with van der Waals surface area (Å²) in [5.74, 6) is 0.0339. The Hall–Kier alpha value is -0.910. The van der Waals surface area contributed by atoms with Crippen molar-refractivity contribution in [1.82, 2.24) is 10.2 Å². The number of nitrogens with zero attached hydrogens (tertiary/aromatic N) is 1. The standard InChI is InChI=1S/C12H16BrN3O/c1-16-7-6-14-8-11(16)12(17)15-10-5-3-2-4-9(10)13/h2-5,11,14H,6-8H2,1H3,(H,15,17). The lowest BCUT2D eigenvalue weighted by atomic mass is 10.2. The molecular weight excluding hydrogens is 282 g/mol. The summed E-state index contributed by atoms with van der Waals surface area (Å²) >= 11 is 3.42. The molecule has 1 aliphatic rings. The van der Waals surface area contributed by atoms with Gasteiger partial charge in [0.05, 0.1) is 5.69 Å². The average molecular weight is 298 g/mol. The number of hydrogen-bond donors (Lipinski definition) is 2. The molecule has 2 N–H and O–H groups in total. The maximum Gasteiger partial charge on any atom is 0.243 e. The molecule has 0 spiro atoms. The fraction of sp³-hybridized carbons (Fsp3) is 0.417. The lowest BCUT2D eigenvalue weighted by molar-refractivity contribution is -0.121. The van der Waals surface area contributed by atoms with E-state index in [1.165, 1.54) is 0 Å². The van der Waals surface area contributed by atoms with E-state index in [1.807, 2.05) is 31.3 Å². The van der Waals surface area contributed by atoms with Crippen LogP contribution in [0.2, 0.25) is 0 Å². The zero-order chi connectivity index (χ0) is 12.3. The second-order valence-corrected chi connectivity index (χ2v) is 5.02. The number of nitrogens with one attached hydrogen (secondary N) is 2. The Kier molecular flexibility index (Phi) is 4.15. The van der Waals surface area contributed by atoms with Crippen molar-refractivity contribution >= 4 is 27.5 Å². The summed E-state index contributed by atoms with van der Waals surface area (Å²) in [6, 6.07) is 7.53. The third kappa shape index (κ3) is 3.06. The van der Waals surface area contributed by atoms with Crippen LogP contribution in [-0.2, 0) is 4.79 Å². The summed E-state index contributed by atoms with van der Waals surface area (Å²) in [6.45, 7) is 2.54. The first kappa shape index (κ1) is 12.5. The number of likely N-dealkylation sites (N-methyl/N-ethyl adjacent to an activating group) is 1. The highest BCUT2D eigenvalue weighted by Gasteiger charge is 2.25. The first-order valence-corrected chi connectivity index (χ1v) is 6.44. The Morgan fingerprint density at radius 2 is 2.29 bits per heavy atom. The van der Waals surface area contributed by atoms with E-state index in [4.69, 9.17) is 0 Å². The van der Waals surface area contributed by atoms with Gasteiger partial charge >= 0.3 is 0 Å². The molecule has 4 nitrogen and oxygen atoms in total. The smallest absolute Gasteiger partial charge is 0.243 e. The van der Waals surface area contributed by atoms with Crippen molar-refractivity contribution in [2.24, 2.45) is 0 Å². The second-order valence-electron chi connectivity index (χ2n) is 4.17. The predicted octanol–water partition coefficient (Wildman–Crippen LogP) is 1.29. The van der Waals surface area contributed by atoms with E-state index in [0.717, 1.165) is 23.2 Å². The van der Waals surface area contributed by atoms with Crippen LogP contribution in [0, 0.1) is 0 Å². The van der Waals surface area contributed by atoms with E-state index in [0.29, 0.717) is 6.54 Å². The van der Waals surface area contributed by atoms with Gasteiger partial charge in [0, 0.05) is 24.1 Å². The van der Waals surface area contributed by atoms with Crippen LogP contribution in [0.3, 0.4) is 0 Å². The summed E-state index contributed by atoms with van der Waals surface area (Å²) in [7, 11) is 1.98. The molecule has 1 unspecified atom stereocenters. The van der Waals surface area contributed by atoms with Crippen molar-refractivity contribution in [3.63, 3.8) is 0 Å². The molecule has 92 valence electrons. The molecule has 0 bridgehead atoms. The molecule has 0 aromatic heterocycles. The zero-order valence-corrected chi connectivity index (χ0v) is 11.3. The lowest BCUT2D eigenvalue weighted by Gasteiger charge is -2.31. The van der Waals surface area contributed by atoms with Crippen molar-refractivity contribution in [3.05, 3.63) is 28.7 Å². The molecule has 1 aliphatic heterocycles. The molecule has 1 aromatic rings. The van der Waals surface area contributed by atoms with E-state index >= 15 is 0 Å². The predicted molar refractivity (Wildman–Crippen MR) is 72.1 cm³/mol. The number of halogens is 1. The van der Waals surface area contributed by atoms with Gasteiger partial charge in [-0.3, -0.25) is 9.69 Å². The van der Waals surface area contributed by atoms with E-state index in [-0.39, 0.29) is 11.9 Å². The number of benzene rings is 1. The Morgan fingerprint density at radius 3 is 3.00 bits per heavy atom. The van der Waals surface area contributed by atoms with Crippen molar-refractivity contribution in [2.75, 3.05) is 32.0 Å². The Morgan fingerprint density at radius 1 is 1.53 bits per heavy atom. The molecule has 1 atom stereocenters. The third-order valence-electron chi connectivity index (χ3n) is 2.95. The number of anilines is 1. The second kappa shape index (κ2) is 5.62. The summed E-state index contributed by atoms with van der Waals surface area (Å²) in [5.41, 5.74) is 0.816. The van der Waals surface area contributed by atoms with Crippen molar-refractivity contribution < 1.29 is 4.79 Å². The average Bonchev–Trinajstić information content (AvgIpc) is 2.32. The molecule has 1 amide bonds. The SMILES string of the molecule is CN1CCNCC1C(=O)Nc1ccccc1Br. The lowest BCUT2D eigenvalue weighted by Crippen LogP contribution is -2.54. The summed E-state index contributed by atoms with van der Waals surface area (Å²) in [4.78, 5) is 14.2. The van der Waals surface area contributed by atoms with Gasteiger partial charge in [0.2, 0.25) is 5.91 Å². The van der Waals surface area contributed by atoms with Crippen LogP contribution in [0.25, 0.3) is 0 Å². The highest BCUT2D eigenvalue weighted by molar-refractivity contribution is 9.10. The first-order valence-electron chi connectivity index (χ1n) is 5.65. The van der Waals surface area contributed by atoms with Gasteiger partial charge in [-0.2, -0.15) is 0 Å². The number of amides is 1. The van der Waals surface area contributed by atoms with Gasteiger partial charge < -0.3 is 10.6 Å². The van der Waals surface area contributed by atoms with E-state index in [2.05, 4.69) is 31.5 Å². The van der Waals surface area contributed by atoms with Gasteiger partial charge in [-0.1, -0.05) is 12.1 Å². The summed E-state index contributed by atoms with van der Waals surface area (Å²) < 4.78 is 0.903. The van der Waals surface area contributed by atoms with E-state index < -0.39 is 0 Å². The van der Waals surface area contributed by atoms with Crippen LogP contribution >= 0.6 is 15.9 Å². The van der Waals surface area contributed by atoms with Gasteiger partial charge in [0.1, 0.15) is 6.04 Å². The molecule has 5 heteroatoms. The topological polar surface area (TPSA) is 44.4 Å². The van der Waals surface area contributed by atoms with E-state index in [9.17, 15) is 4.79 Å². The Labute approximate surface area is 110 Å². The molecule has 1 fully saturated rings. The molecule has 0 radical (unpaired) electrons. The number of hydrogen-bond acceptors (Lipinski definition) is 3. The number of rotatable bonds is 2. The Balaban J connectivity index is 2.03. The molecule has 0 aliphatic carbocycles. The minimum Gasteiger partial charge on any atom is -0.324 e. The number of para-hydroxylation sites is 1. The van der Waals surface area contributed by atoms with E-state index in [1.54, 1.807) is 0 Å². The maximum atomic E-state index is 12.1. The molecule has 0 saturated carbocycles. The van der Waals surface area contributed by atoms with Crippen molar-refractivity contribution in [3.8, 4) is 0 Å². The largest absolute Gasteiger partial charge is 0.324 e. The van der Waals surface area contributed by atoms with Crippen LogP contribution in [-0.4, -0.2) is 43.5 Å². The minimum absolute atomic E-state index is 0.0339. The fourth-order valence-corrected chi connectivity index (χ4v) is 2.26. The maximum absolute atomic E-state index is 12.1.